The molecule has 0 aromatic heterocycles. The van der Waals surface area contributed by atoms with Crippen molar-refractivity contribution >= 4 is 5.91 Å². The number of nitrogens with zero attached hydrogens (tertiary/aromatic N) is 3. The fourth-order valence-corrected chi connectivity index (χ4v) is 2.73. The lowest BCUT2D eigenvalue weighted by atomic mass is 10.1. The molecule has 24 heavy (non-hydrogen) atoms. The number of carbonyl (C=O) groups excluding carboxylic acids is 1. The Labute approximate surface area is 150 Å². The summed E-state index contributed by atoms with van der Waals surface area (Å²) in [5.74, 6) is 0.210. The van der Waals surface area contributed by atoms with E-state index in [1.165, 1.54) is 44.9 Å². The van der Waals surface area contributed by atoms with Crippen LogP contribution in [0.1, 0.15) is 84.5 Å². The number of rotatable bonds is 15. The second-order valence-corrected chi connectivity index (χ2v) is 7.14. The van der Waals surface area contributed by atoms with Crippen LogP contribution < -0.4 is 0 Å². The minimum Gasteiger partial charge on any atom is -0.340 e. The van der Waals surface area contributed by atoms with Crippen LogP contribution in [0.2, 0.25) is 0 Å². The second-order valence-electron chi connectivity index (χ2n) is 7.14. The first-order chi connectivity index (χ1) is 11.5. The van der Waals surface area contributed by atoms with Crippen molar-refractivity contribution in [3.63, 3.8) is 0 Å². The Balaban J connectivity index is 3.91. The average molecular weight is 338 g/mol. The molecule has 0 aliphatic heterocycles. The van der Waals surface area contributed by atoms with Crippen LogP contribution >= 0.6 is 0 Å². The van der Waals surface area contributed by atoms with E-state index in [2.05, 4.69) is 24.8 Å². The summed E-state index contributed by atoms with van der Waals surface area (Å²) < 4.78 is 0. The van der Waals surface area contributed by atoms with Gasteiger partial charge in [0.1, 0.15) is 0 Å². The lowest BCUT2D eigenvalue weighted by Crippen LogP contribution is -2.42. The van der Waals surface area contributed by atoms with E-state index in [1.54, 1.807) is 0 Å². The zero-order chi connectivity index (χ0) is 18.2. The van der Waals surface area contributed by atoms with Gasteiger partial charge < -0.3 is 9.80 Å². The smallest absolute Gasteiger partial charge is 0.222 e. The zero-order valence-corrected chi connectivity index (χ0v) is 16.5. The highest BCUT2D eigenvalue weighted by Crippen LogP contribution is 2.12. The van der Waals surface area contributed by atoms with Gasteiger partial charge in [-0.3, -0.25) is 4.79 Å². The SMILES string of the molecule is CCCCCCCCCCCC(=O)N(CCC#N)CC(C)N(C)C. The molecule has 1 unspecified atom stereocenters. The Kier molecular flexibility index (Phi) is 14.8. The third kappa shape index (κ3) is 12.4. The lowest BCUT2D eigenvalue weighted by Gasteiger charge is -2.28. The molecule has 0 aliphatic rings. The van der Waals surface area contributed by atoms with Crippen LogP contribution in [0.3, 0.4) is 0 Å². The van der Waals surface area contributed by atoms with Crippen molar-refractivity contribution in [2.24, 2.45) is 0 Å². The quantitative estimate of drug-likeness (QED) is 0.410. The second kappa shape index (κ2) is 15.4. The predicted octanol–water partition coefficient (Wildman–Crippen LogP) is 4.60. The number of hydrogen-bond donors (Lipinski definition) is 0. The van der Waals surface area contributed by atoms with Crippen molar-refractivity contribution in [3.8, 4) is 6.07 Å². The van der Waals surface area contributed by atoms with Gasteiger partial charge in [-0.15, -0.1) is 0 Å². The summed E-state index contributed by atoms with van der Waals surface area (Å²) in [6, 6.07) is 2.47. The largest absolute Gasteiger partial charge is 0.340 e. The fraction of sp³-hybridized carbons (Fsp3) is 0.900. The Morgan fingerprint density at radius 1 is 1.00 bits per heavy atom. The third-order valence-corrected chi connectivity index (χ3v) is 4.71. The van der Waals surface area contributed by atoms with Crippen molar-refractivity contribution in [3.05, 3.63) is 0 Å². The highest BCUT2D eigenvalue weighted by Gasteiger charge is 2.16. The molecule has 0 radical (unpaired) electrons. The minimum atomic E-state index is 0.210. The van der Waals surface area contributed by atoms with Crippen molar-refractivity contribution in [2.75, 3.05) is 27.2 Å². The lowest BCUT2D eigenvalue weighted by molar-refractivity contribution is -0.131. The van der Waals surface area contributed by atoms with E-state index in [9.17, 15) is 4.79 Å². The van der Waals surface area contributed by atoms with E-state index in [4.69, 9.17) is 5.26 Å². The summed E-state index contributed by atoms with van der Waals surface area (Å²) in [5, 5.41) is 8.79. The molecule has 0 rings (SSSR count). The van der Waals surface area contributed by atoms with Gasteiger partial charge in [0.2, 0.25) is 5.91 Å². The minimum absolute atomic E-state index is 0.210. The van der Waals surface area contributed by atoms with Crippen LogP contribution in [-0.2, 0) is 4.79 Å². The van der Waals surface area contributed by atoms with Crippen LogP contribution in [-0.4, -0.2) is 48.9 Å². The van der Waals surface area contributed by atoms with Gasteiger partial charge in [-0.05, 0) is 27.4 Å². The van der Waals surface area contributed by atoms with Gasteiger partial charge >= 0.3 is 0 Å². The third-order valence-electron chi connectivity index (χ3n) is 4.71. The molecule has 0 aromatic rings. The number of unbranched alkanes of at least 4 members (excludes halogenated alkanes) is 8. The van der Waals surface area contributed by atoms with E-state index < -0.39 is 0 Å². The molecule has 0 N–H and O–H groups in total. The van der Waals surface area contributed by atoms with Gasteiger partial charge in [-0.25, -0.2) is 0 Å². The summed E-state index contributed by atoms with van der Waals surface area (Å²) >= 11 is 0. The Morgan fingerprint density at radius 3 is 2.04 bits per heavy atom. The molecule has 0 saturated heterocycles. The monoisotopic (exact) mass is 337 g/mol. The zero-order valence-electron chi connectivity index (χ0n) is 16.5. The molecule has 0 heterocycles. The van der Waals surface area contributed by atoms with E-state index in [-0.39, 0.29) is 5.91 Å². The van der Waals surface area contributed by atoms with Gasteiger partial charge in [0.25, 0.3) is 0 Å². The van der Waals surface area contributed by atoms with Gasteiger partial charge in [0.15, 0.2) is 0 Å². The van der Waals surface area contributed by atoms with Crippen LogP contribution in [0.4, 0.5) is 0 Å². The average Bonchev–Trinajstić information content (AvgIpc) is 2.56. The normalized spacial score (nSPS) is 12.2. The van der Waals surface area contributed by atoms with Crippen molar-refractivity contribution in [1.29, 1.82) is 5.26 Å². The standard InChI is InChI=1S/C20H39N3O/c1-5-6-7-8-9-10-11-12-13-15-20(24)23(17-14-16-21)18-19(2)22(3)4/h19H,5-15,17-18H2,1-4H3. The number of carbonyl (C=O) groups is 1. The molecule has 0 spiro atoms. The fourth-order valence-electron chi connectivity index (χ4n) is 2.73. The molecule has 4 heteroatoms. The molecule has 140 valence electrons. The number of nitriles is 1. The van der Waals surface area contributed by atoms with E-state index >= 15 is 0 Å². The Morgan fingerprint density at radius 2 is 1.54 bits per heavy atom. The first-order valence-corrected chi connectivity index (χ1v) is 9.84. The van der Waals surface area contributed by atoms with Crippen molar-refractivity contribution < 1.29 is 4.79 Å². The molecule has 0 bridgehead atoms. The summed E-state index contributed by atoms with van der Waals surface area (Å²) in [6.45, 7) is 5.64. The van der Waals surface area contributed by atoms with E-state index in [1.807, 2.05) is 19.0 Å². The highest BCUT2D eigenvalue weighted by molar-refractivity contribution is 5.76. The molecular weight excluding hydrogens is 298 g/mol. The summed E-state index contributed by atoms with van der Waals surface area (Å²) in [7, 11) is 4.05. The number of hydrogen-bond acceptors (Lipinski definition) is 3. The molecule has 0 fully saturated rings. The molecule has 4 nitrogen and oxygen atoms in total. The van der Waals surface area contributed by atoms with Crippen LogP contribution in [0.15, 0.2) is 0 Å². The molecule has 0 saturated carbocycles. The first kappa shape index (κ1) is 22.9. The Bertz CT molecular complexity index is 349. The van der Waals surface area contributed by atoms with Gasteiger partial charge in [-0.1, -0.05) is 58.3 Å². The van der Waals surface area contributed by atoms with Gasteiger partial charge in [0.05, 0.1) is 12.5 Å². The van der Waals surface area contributed by atoms with E-state index in [0.717, 1.165) is 12.8 Å². The maximum Gasteiger partial charge on any atom is 0.222 e. The maximum absolute atomic E-state index is 12.4. The molecule has 1 amide bonds. The number of amides is 1. The summed E-state index contributed by atoms with van der Waals surface area (Å²) in [4.78, 5) is 16.4. The van der Waals surface area contributed by atoms with Crippen molar-refractivity contribution in [2.45, 2.75) is 90.5 Å². The first-order valence-electron chi connectivity index (χ1n) is 9.84. The summed E-state index contributed by atoms with van der Waals surface area (Å²) in [5.41, 5.74) is 0. The molecule has 0 aromatic carbocycles. The van der Waals surface area contributed by atoms with Gasteiger partial charge in [-0.2, -0.15) is 5.26 Å². The topological polar surface area (TPSA) is 47.3 Å². The van der Waals surface area contributed by atoms with Crippen LogP contribution in [0.5, 0.6) is 0 Å². The molecule has 0 aliphatic carbocycles. The summed E-state index contributed by atoms with van der Waals surface area (Å²) in [6.07, 6.45) is 12.4. The molecule has 1 atom stereocenters. The van der Waals surface area contributed by atoms with E-state index in [0.29, 0.717) is 32.0 Å². The highest BCUT2D eigenvalue weighted by atomic mass is 16.2. The number of likely N-dealkylation sites (N-methyl/N-ethyl adjacent to an activating group) is 1. The Hall–Kier alpha value is -1.08. The maximum atomic E-state index is 12.4. The van der Waals surface area contributed by atoms with Crippen LogP contribution in [0, 0.1) is 11.3 Å². The van der Waals surface area contributed by atoms with Gasteiger partial charge in [0, 0.05) is 25.6 Å². The van der Waals surface area contributed by atoms with Crippen LogP contribution in [0.25, 0.3) is 0 Å². The molecular formula is C20H39N3O. The van der Waals surface area contributed by atoms with Crippen molar-refractivity contribution in [1.82, 2.24) is 9.80 Å². The predicted molar refractivity (Wildman–Crippen MR) is 102 cm³/mol.